The van der Waals surface area contributed by atoms with Crippen LogP contribution in [0.3, 0.4) is 0 Å². The molecule has 0 aliphatic carbocycles. The van der Waals surface area contributed by atoms with Gasteiger partial charge in [-0.3, -0.25) is 4.40 Å². The van der Waals surface area contributed by atoms with Crippen molar-refractivity contribution in [2.45, 2.75) is 0 Å². The molecule has 4 rings (SSSR count). The van der Waals surface area contributed by atoms with Crippen LogP contribution in [0.25, 0.3) is 27.0 Å². The lowest BCUT2D eigenvalue weighted by atomic mass is 10.1. The molecule has 0 aliphatic rings. The Kier molecular flexibility index (Phi) is 2.49. The van der Waals surface area contributed by atoms with E-state index in [1.165, 1.54) is 10.1 Å². The zero-order chi connectivity index (χ0) is 13.7. The number of nitrogens with two attached hydrogens (primary N) is 1. The van der Waals surface area contributed by atoms with Crippen LogP contribution in [-0.4, -0.2) is 9.38 Å². The third kappa shape index (κ3) is 1.62. The summed E-state index contributed by atoms with van der Waals surface area (Å²) in [5.41, 5.74) is 8.92. The molecule has 0 unspecified atom stereocenters. The monoisotopic (exact) mass is 299 g/mol. The Morgan fingerprint density at radius 2 is 2.00 bits per heavy atom. The molecule has 3 heterocycles. The Hall–Kier alpha value is -2.04. The number of thiophene rings is 1. The Bertz CT molecular complexity index is 939. The molecule has 0 aliphatic heterocycles. The number of rotatable bonds is 1. The maximum absolute atomic E-state index is 6.24. The number of fused-ring (bicyclic) bond motifs is 2. The molecule has 3 nitrogen and oxygen atoms in total. The predicted molar refractivity (Wildman–Crippen MR) is 85.4 cm³/mol. The topological polar surface area (TPSA) is 43.3 Å². The normalized spacial score (nSPS) is 11.4. The number of aromatic nitrogens is 2. The predicted octanol–water partition coefficient (Wildman–Crippen LogP) is 4.45. The third-order valence-electron chi connectivity index (χ3n) is 3.36. The van der Waals surface area contributed by atoms with E-state index in [9.17, 15) is 0 Å². The van der Waals surface area contributed by atoms with Gasteiger partial charge in [-0.1, -0.05) is 29.8 Å². The number of nitrogens with zero attached hydrogens (tertiary/aromatic N) is 2. The first-order valence-electron chi connectivity index (χ1n) is 6.14. The number of anilines is 1. The molecule has 3 aromatic heterocycles. The first kappa shape index (κ1) is 11.8. The van der Waals surface area contributed by atoms with E-state index >= 15 is 0 Å². The average Bonchev–Trinajstić information content (AvgIpc) is 3.01. The summed E-state index contributed by atoms with van der Waals surface area (Å²) in [7, 11) is 0. The second-order valence-corrected chi connectivity index (χ2v) is 5.91. The van der Waals surface area contributed by atoms with Crippen molar-refractivity contribution in [3.8, 4) is 11.3 Å². The van der Waals surface area contributed by atoms with Crippen molar-refractivity contribution in [2.75, 3.05) is 5.73 Å². The van der Waals surface area contributed by atoms with Crippen molar-refractivity contribution in [1.82, 2.24) is 9.38 Å². The van der Waals surface area contributed by atoms with E-state index in [0.717, 1.165) is 16.9 Å². The van der Waals surface area contributed by atoms with Gasteiger partial charge < -0.3 is 5.73 Å². The lowest BCUT2D eigenvalue weighted by molar-refractivity contribution is 1.20. The van der Waals surface area contributed by atoms with E-state index in [0.29, 0.717) is 10.8 Å². The van der Waals surface area contributed by atoms with E-state index in [1.807, 2.05) is 28.7 Å². The van der Waals surface area contributed by atoms with Crippen molar-refractivity contribution >= 4 is 44.5 Å². The summed E-state index contributed by atoms with van der Waals surface area (Å²) in [5.74, 6) is 0.617. The molecule has 20 heavy (non-hydrogen) atoms. The van der Waals surface area contributed by atoms with Crippen molar-refractivity contribution in [2.24, 2.45) is 0 Å². The van der Waals surface area contributed by atoms with Gasteiger partial charge in [0.05, 0.1) is 5.02 Å². The van der Waals surface area contributed by atoms with Crippen LogP contribution in [0.2, 0.25) is 5.02 Å². The molecule has 1 aromatic carbocycles. The van der Waals surface area contributed by atoms with Crippen molar-refractivity contribution < 1.29 is 0 Å². The average molecular weight is 300 g/mol. The molecule has 0 bridgehead atoms. The minimum Gasteiger partial charge on any atom is -0.383 e. The van der Waals surface area contributed by atoms with Crippen molar-refractivity contribution in [1.29, 1.82) is 0 Å². The lowest BCUT2D eigenvalue weighted by Gasteiger charge is -1.98. The molecule has 0 saturated heterocycles. The Morgan fingerprint density at radius 3 is 2.90 bits per heavy atom. The van der Waals surface area contributed by atoms with Crippen LogP contribution in [-0.2, 0) is 0 Å². The van der Waals surface area contributed by atoms with Crippen LogP contribution < -0.4 is 5.73 Å². The fourth-order valence-corrected chi connectivity index (χ4v) is 3.50. The number of hydrogen-bond acceptors (Lipinski definition) is 3. The zero-order valence-electron chi connectivity index (χ0n) is 10.4. The second kappa shape index (κ2) is 4.23. The van der Waals surface area contributed by atoms with Gasteiger partial charge >= 0.3 is 0 Å². The number of halogens is 1. The largest absolute Gasteiger partial charge is 0.383 e. The van der Waals surface area contributed by atoms with Gasteiger partial charge in [-0.25, -0.2) is 4.98 Å². The molecule has 0 amide bonds. The first-order chi connectivity index (χ1) is 9.74. The quantitative estimate of drug-likeness (QED) is 0.564. The van der Waals surface area contributed by atoms with E-state index in [2.05, 4.69) is 22.5 Å². The van der Waals surface area contributed by atoms with E-state index in [1.54, 1.807) is 17.5 Å². The SMILES string of the molecule is Nc1c(-c2csc3ccccc23)nc2ccc(Cl)cn12. The highest BCUT2D eigenvalue weighted by atomic mass is 35.5. The minimum absolute atomic E-state index is 0.617. The van der Waals surface area contributed by atoms with Crippen molar-refractivity contribution in [3.63, 3.8) is 0 Å². The first-order valence-corrected chi connectivity index (χ1v) is 7.39. The van der Waals surface area contributed by atoms with Gasteiger partial charge in [-0.2, -0.15) is 0 Å². The van der Waals surface area contributed by atoms with Gasteiger partial charge in [0, 0.05) is 27.2 Å². The van der Waals surface area contributed by atoms with Crippen molar-refractivity contribution in [3.05, 3.63) is 53.0 Å². The molecular weight excluding hydrogens is 290 g/mol. The second-order valence-electron chi connectivity index (χ2n) is 4.57. The van der Waals surface area contributed by atoms with Crippen LogP contribution in [0.5, 0.6) is 0 Å². The van der Waals surface area contributed by atoms with Gasteiger partial charge in [0.1, 0.15) is 17.2 Å². The third-order valence-corrected chi connectivity index (χ3v) is 4.54. The van der Waals surface area contributed by atoms with Crippen LogP contribution in [0, 0.1) is 0 Å². The number of pyridine rings is 1. The van der Waals surface area contributed by atoms with Crippen LogP contribution in [0.15, 0.2) is 48.0 Å². The fraction of sp³-hybridized carbons (Fsp3) is 0. The molecule has 0 saturated carbocycles. The fourth-order valence-electron chi connectivity index (χ4n) is 2.40. The van der Waals surface area contributed by atoms with E-state index in [-0.39, 0.29) is 0 Å². The van der Waals surface area contributed by atoms with E-state index in [4.69, 9.17) is 17.3 Å². The number of nitrogen functional groups attached to an aromatic ring is 1. The molecule has 5 heteroatoms. The zero-order valence-corrected chi connectivity index (χ0v) is 11.9. The van der Waals surface area contributed by atoms with Gasteiger partial charge in [0.2, 0.25) is 0 Å². The molecule has 4 aromatic rings. The molecule has 0 spiro atoms. The van der Waals surface area contributed by atoms with Crippen LogP contribution >= 0.6 is 22.9 Å². The Morgan fingerprint density at radius 1 is 1.15 bits per heavy atom. The smallest absolute Gasteiger partial charge is 0.139 e. The Labute approximate surface area is 124 Å². The minimum atomic E-state index is 0.617. The molecule has 0 atom stereocenters. The molecule has 98 valence electrons. The van der Waals surface area contributed by atoms with Crippen LogP contribution in [0.4, 0.5) is 5.82 Å². The highest BCUT2D eigenvalue weighted by molar-refractivity contribution is 7.17. The van der Waals surface area contributed by atoms with Gasteiger partial charge in [0.15, 0.2) is 0 Å². The van der Waals surface area contributed by atoms with Crippen LogP contribution in [0.1, 0.15) is 0 Å². The maximum Gasteiger partial charge on any atom is 0.139 e. The van der Waals surface area contributed by atoms with Gasteiger partial charge in [0.25, 0.3) is 0 Å². The maximum atomic E-state index is 6.24. The summed E-state index contributed by atoms with van der Waals surface area (Å²) in [6, 6.07) is 12.0. The van der Waals surface area contributed by atoms with Gasteiger partial charge in [-0.05, 0) is 18.2 Å². The summed E-state index contributed by atoms with van der Waals surface area (Å²) < 4.78 is 3.06. The van der Waals surface area contributed by atoms with Gasteiger partial charge in [-0.15, -0.1) is 11.3 Å². The molecule has 2 N–H and O–H groups in total. The summed E-state index contributed by atoms with van der Waals surface area (Å²) >= 11 is 7.72. The number of benzene rings is 1. The molecular formula is C15H10ClN3S. The summed E-state index contributed by atoms with van der Waals surface area (Å²) in [6.07, 6.45) is 1.79. The standard InChI is InChI=1S/C15H10ClN3S/c16-9-5-6-13-18-14(15(17)19(13)7-9)11-8-20-12-4-2-1-3-10(11)12/h1-8H,17H2. The summed E-state index contributed by atoms with van der Waals surface area (Å²) in [4.78, 5) is 4.63. The summed E-state index contributed by atoms with van der Waals surface area (Å²) in [6.45, 7) is 0. The van der Waals surface area contributed by atoms with E-state index < -0.39 is 0 Å². The molecule has 0 radical (unpaired) electrons. The number of imidazole rings is 1. The molecule has 0 fully saturated rings. The highest BCUT2D eigenvalue weighted by Crippen LogP contribution is 2.36. The summed E-state index contributed by atoms with van der Waals surface area (Å²) in [5, 5.41) is 3.92. The highest BCUT2D eigenvalue weighted by Gasteiger charge is 2.15. The Balaban J connectivity index is 2.05. The number of hydrogen-bond donors (Lipinski definition) is 1. The lowest BCUT2D eigenvalue weighted by Crippen LogP contribution is -1.93.